The van der Waals surface area contributed by atoms with Gasteiger partial charge in [0.15, 0.2) is 0 Å². The third kappa shape index (κ3) is 3.73. The number of likely N-dealkylation sites (tertiary alicyclic amines) is 1. The van der Waals surface area contributed by atoms with Gasteiger partial charge in [0.2, 0.25) is 0 Å². The molecule has 0 spiro atoms. The molecule has 1 aromatic heterocycles. The highest BCUT2D eigenvalue weighted by atomic mass is 16.2. The number of nitrogens with two attached hydrogens (primary N) is 1. The second-order valence-corrected chi connectivity index (χ2v) is 5.64. The minimum Gasteiger partial charge on any atom is -0.336 e. The fourth-order valence-corrected chi connectivity index (χ4v) is 3.00. The number of nitrogen functional groups attached to an aromatic ring is 1. The Labute approximate surface area is 126 Å². The van der Waals surface area contributed by atoms with Crippen molar-refractivity contribution >= 4 is 11.7 Å². The minimum atomic E-state index is 0.109. The molecular weight excluding hydrogens is 264 g/mol. The predicted octanol–water partition coefficient (Wildman–Crippen LogP) is 2.72. The monoisotopic (exact) mass is 290 g/mol. The molecule has 1 saturated heterocycles. The van der Waals surface area contributed by atoms with Gasteiger partial charge in [-0.3, -0.25) is 4.79 Å². The first kappa shape index (κ1) is 15.8. The molecule has 5 nitrogen and oxygen atoms in total. The zero-order valence-corrected chi connectivity index (χ0v) is 13.1. The molecule has 5 heteroatoms. The smallest absolute Gasteiger partial charge is 0.254 e. The largest absolute Gasteiger partial charge is 0.336 e. The molecule has 21 heavy (non-hydrogen) atoms. The number of aromatic nitrogens is 1. The van der Waals surface area contributed by atoms with Crippen LogP contribution in [0, 0.1) is 0 Å². The Bertz CT molecular complexity index is 467. The summed E-state index contributed by atoms with van der Waals surface area (Å²) in [6.45, 7) is 5.04. The van der Waals surface area contributed by atoms with Crippen molar-refractivity contribution in [2.45, 2.75) is 58.4 Å². The van der Waals surface area contributed by atoms with Crippen LogP contribution in [0.15, 0.2) is 12.1 Å². The van der Waals surface area contributed by atoms with Gasteiger partial charge in [-0.05, 0) is 37.8 Å². The molecule has 1 fully saturated rings. The highest BCUT2D eigenvalue weighted by Crippen LogP contribution is 2.22. The number of rotatable bonds is 4. The Balaban J connectivity index is 2.28. The van der Waals surface area contributed by atoms with E-state index in [0.29, 0.717) is 17.4 Å². The number of hydrogen-bond donors (Lipinski definition) is 2. The standard InChI is InChI=1S/C16H26N4O/c1-3-13-10-12(11-15(18-13)19-17)16(21)20-9-7-5-6-8-14(20)4-2/h10-11,14H,3-9,17H2,1-2H3,(H,18,19). The van der Waals surface area contributed by atoms with Crippen molar-refractivity contribution in [3.8, 4) is 0 Å². The molecule has 1 aromatic rings. The van der Waals surface area contributed by atoms with Gasteiger partial charge in [-0.2, -0.15) is 0 Å². The molecule has 3 N–H and O–H groups in total. The number of nitrogens with one attached hydrogen (secondary N) is 1. The second kappa shape index (κ2) is 7.41. The van der Waals surface area contributed by atoms with Crippen molar-refractivity contribution in [3.63, 3.8) is 0 Å². The normalized spacial score (nSPS) is 19.2. The fraction of sp³-hybridized carbons (Fsp3) is 0.625. The number of anilines is 1. The van der Waals surface area contributed by atoms with Gasteiger partial charge in [0.25, 0.3) is 5.91 Å². The maximum absolute atomic E-state index is 12.9. The Morgan fingerprint density at radius 1 is 1.38 bits per heavy atom. The van der Waals surface area contributed by atoms with Crippen LogP contribution >= 0.6 is 0 Å². The minimum absolute atomic E-state index is 0.109. The van der Waals surface area contributed by atoms with Gasteiger partial charge < -0.3 is 10.3 Å². The average Bonchev–Trinajstić information content (AvgIpc) is 2.78. The van der Waals surface area contributed by atoms with Crippen LogP contribution in [-0.2, 0) is 6.42 Å². The van der Waals surface area contributed by atoms with Crippen LogP contribution < -0.4 is 11.3 Å². The van der Waals surface area contributed by atoms with Crippen molar-refractivity contribution in [2.24, 2.45) is 5.84 Å². The summed E-state index contributed by atoms with van der Waals surface area (Å²) in [6, 6.07) is 3.99. The summed E-state index contributed by atoms with van der Waals surface area (Å²) < 4.78 is 0. The maximum Gasteiger partial charge on any atom is 0.254 e. The topological polar surface area (TPSA) is 71.2 Å². The van der Waals surface area contributed by atoms with Gasteiger partial charge in [-0.25, -0.2) is 10.8 Å². The summed E-state index contributed by atoms with van der Waals surface area (Å²) in [6.07, 6.45) is 6.43. The lowest BCUT2D eigenvalue weighted by molar-refractivity contribution is 0.0678. The first-order valence-corrected chi connectivity index (χ1v) is 7.98. The van der Waals surface area contributed by atoms with E-state index in [9.17, 15) is 4.79 Å². The van der Waals surface area contributed by atoms with E-state index in [0.717, 1.165) is 37.9 Å². The van der Waals surface area contributed by atoms with E-state index in [-0.39, 0.29) is 5.91 Å². The van der Waals surface area contributed by atoms with E-state index >= 15 is 0 Å². The lowest BCUT2D eigenvalue weighted by atomic mass is 10.1. The van der Waals surface area contributed by atoms with E-state index in [2.05, 4.69) is 17.3 Å². The Hall–Kier alpha value is -1.62. The van der Waals surface area contributed by atoms with Gasteiger partial charge in [-0.1, -0.05) is 26.7 Å². The van der Waals surface area contributed by atoms with E-state index in [1.165, 1.54) is 12.8 Å². The van der Waals surface area contributed by atoms with Crippen LogP contribution in [0.25, 0.3) is 0 Å². The molecule has 1 aliphatic rings. The summed E-state index contributed by atoms with van der Waals surface area (Å²) in [4.78, 5) is 19.3. The Kier molecular flexibility index (Phi) is 5.56. The van der Waals surface area contributed by atoms with Crippen molar-refractivity contribution in [2.75, 3.05) is 12.0 Å². The van der Waals surface area contributed by atoms with Crippen LogP contribution in [-0.4, -0.2) is 28.4 Å². The molecule has 0 saturated carbocycles. The number of pyridine rings is 1. The Morgan fingerprint density at radius 2 is 2.19 bits per heavy atom. The van der Waals surface area contributed by atoms with Crippen molar-refractivity contribution in [1.29, 1.82) is 0 Å². The van der Waals surface area contributed by atoms with Crippen LogP contribution in [0.3, 0.4) is 0 Å². The average molecular weight is 290 g/mol. The maximum atomic E-state index is 12.9. The zero-order valence-electron chi connectivity index (χ0n) is 13.1. The van der Waals surface area contributed by atoms with Gasteiger partial charge in [0.1, 0.15) is 5.82 Å². The molecule has 2 rings (SSSR count). The molecule has 1 aliphatic heterocycles. The Morgan fingerprint density at radius 3 is 2.86 bits per heavy atom. The SMILES string of the molecule is CCc1cc(C(=O)N2CCCCCC2CC)cc(NN)n1. The second-order valence-electron chi connectivity index (χ2n) is 5.64. The first-order valence-electron chi connectivity index (χ1n) is 7.98. The van der Waals surface area contributed by atoms with Gasteiger partial charge in [0, 0.05) is 23.8 Å². The molecule has 1 amide bonds. The molecule has 0 aliphatic carbocycles. The summed E-state index contributed by atoms with van der Waals surface area (Å²) >= 11 is 0. The molecule has 1 unspecified atom stereocenters. The fourth-order valence-electron chi connectivity index (χ4n) is 3.00. The van der Waals surface area contributed by atoms with Gasteiger partial charge >= 0.3 is 0 Å². The van der Waals surface area contributed by atoms with Crippen molar-refractivity contribution in [3.05, 3.63) is 23.4 Å². The third-order valence-electron chi connectivity index (χ3n) is 4.24. The quantitative estimate of drug-likeness (QED) is 0.660. The van der Waals surface area contributed by atoms with E-state index in [1.54, 1.807) is 6.07 Å². The predicted molar refractivity (Wildman–Crippen MR) is 85.0 cm³/mol. The summed E-state index contributed by atoms with van der Waals surface area (Å²) in [5, 5.41) is 0. The lowest BCUT2D eigenvalue weighted by Crippen LogP contribution is -2.39. The highest BCUT2D eigenvalue weighted by Gasteiger charge is 2.25. The molecule has 0 radical (unpaired) electrons. The van der Waals surface area contributed by atoms with Crippen LogP contribution in [0.5, 0.6) is 0 Å². The number of carbonyl (C=O) groups excluding carboxylic acids is 1. The van der Waals surface area contributed by atoms with E-state index < -0.39 is 0 Å². The zero-order chi connectivity index (χ0) is 15.2. The molecule has 0 aromatic carbocycles. The number of aryl methyl sites for hydroxylation is 1. The van der Waals surface area contributed by atoms with Crippen LogP contribution in [0.4, 0.5) is 5.82 Å². The summed E-state index contributed by atoms with van der Waals surface area (Å²) in [5.41, 5.74) is 4.13. The number of nitrogens with zero attached hydrogens (tertiary/aromatic N) is 2. The number of amides is 1. The molecule has 116 valence electrons. The molecule has 0 bridgehead atoms. The molecule has 1 atom stereocenters. The number of hydrogen-bond acceptors (Lipinski definition) is 4. The van der Waals surface area contributed by atoms with Gasteiger partial charge in [-0.15, -0.1) is 0 Å². The lowest BCUT2D eigenvalue weighted by Gasteiger charge is -2.29. The van der Waals surface area contributed by atoms with E-state index in [1.807, 2.05) is 17.9 Å². The molecular formula is C16H26N4O. The molecule has 2 heterocycles. The highest BCUT2D eigenvalue weighted by molar-refractivity contribution is 5.95. The summed E-state index contributed by atoms with van der Waals surface area (Å²) in [7, 11) is 0. The van der Waals surface area contributed by atoms with Crippen molar-refractivity contribution < 1.29 is 4.79 Å². The first-order chi connectivity index (χ1) is 10.2. The van der Waals surface area contributed by atoms with Gasteiger partial charge in [0.05, 0.1) is 0 Å². The van der Waals surface area contributed by atoms with Crippen LogP contribution in [0.2, 0.25) is 0 Å². The number of carbonyl (C=O) groups is 1. The number of hydrazine groups is 1. The summed E-state index contributed by atoms with van der Waals surface area (Å²) in [5.74, 6) is 6.13. The third-order valence-corrected chi connectivity index (χ3v) is 4.24. The van der Waals surface area contributed by atoms with E-state index in [4.69, 9.17) is 5.84 Å². The van der Waals surface area contributed by atoms with Crippen molar-refractivity contribution in [1.82, 2.24) is 9.88 Å². The van der Waals surface area contributed by atoms with Crippen LogP contribution in [0.1, 0.15) is 62.0 Å².